The average molecular weight is 484 g/mol. The second-order valence-corrected chi connectivity index (χ2v) is 10.6. The quantitative estimate of drug-likeness (QED) is 0.611. The zero-order valence-corrected chi connectivity index (χ0v) is 19.4. The van der Waals surface area contributed by atoms with Crippen LogP contribution in [0.3, 0.4) is 0 Å². The van der Waals surface area contributed by atoms with Gasteiger partial charge >= 0.3 is 6.18 Å². The van der Waals surface area contributed by atoms with Gasteiger partial charge in [-0.15, -0.1) is 10.2 Å². The minimum Gasteiger partial charge on any atom is -0.364 e. The van der Waals surface area contributed by atoms with E-state index < -0.39 is 21.8 Å². The van der Waals surface area contributed by atoms with Crippen LogP contribution in [0, 0.1) is 0 Å². The highest BCUT2D eigenvalue weighted by atomic mass is 32.2. The van der Waals surface area contributed by atoms with Gasteiger partial charge in [0.2, 0.25) is 10.0 Å². The Morgan fingerprint density at radius 2 is 1.91 bits per heavy atom. The maximum atomic E-state index is 13.2. The summed E-state index contributed by atoms with van der Waals surface area (Å²) in [5.74, 6) is 1.02. The second-order valence-electron chi connectivity index (χ2n) is 8.82. The molecule has 180 valence electrons. The summed E-state index contributed by atoms with van der Waals surface area (Å²) in [5.41, 5.74) is 0.447. The summed E-state index contributed by atoms with van der Waals surface area (Å²) < 4.78 is 65.5. The summed E-state index contributed by atoms with van der Waals surface area (Å²) in [4.78, 5) is 2.38. The lowest BCUT2D eigenvalue weighted by Gasteiger charge is -2.32. The molecule has 1 aliphatic carbocycles. The molecule has 7 nitrogen and oxygen atoms in total. The van der Waals surface area contributed by atoms with Crippen LogP contribution >= 0.6 is 0 Å². The molecule has 0 unspecified atom stereocenters. The first-order valence-electron chi connectivity index (χ1n) is 11.1. The monoisotopic (exact) mass is 483 g/mol. The van der Waals surface area contributed by atoms with Crippen molar-refractivity contribution in [3.05, 3.63) is 35.4 Å². The molecule has 0 amide bonds. The van der Waals surface area contributed by atoms with Crippen LogP contribution in [0.4, 0.5) is 24.7 Å². The number of rotatable bonds is 7. The molecular weight excluding hydrogens is 455 g/mol. The first-order chi connectivity index (χ1) is 15.5. The van der Waals surface area contributed by atoms with E-state index in [4.69, 9.17) is 0 Å². The second kappa shape index (κ2) is 9.09. The molecule has 0 spiro atoms. The molecule has 4 rings (SSSR count). The molecule has 1 aliphatic heterocycles. The molecule has 0 bridgehead atoms. The fourth-order valence-electron chi connectivity index (χ4n) is 4.24. The first kappa shape index (κ1) is 23.7. The summed E-state index contributed by atoms with van der Waals surface area (Å²) in [6, 6.07) is 5.04. The highest BCUT2D eigenvalue weighted by molar-refractivity contribution is 7.92. The number of likely N-dealkylation sites (tertiary alicyclic amines) is 1. The molecule has 2 aliphatic rings. The van der Waals surface area contributed by atoms with Gasteiger partial charge in [-0.3, -0.25) is 4.72 Å². The number of sulfonamides is 1. The Hall–Kier alpha value is -2.40. The Labute approximate surface area is 191 Å². The number of alkyl halides is 3. The Kier molecular flexibility index (Phi) is 6.54. The third-order valence-corrected chi connectivity index (χ3v) is 6.64. The van der Waals surface area contributed by atoms with Gasteiger partial charge in [0.15, 0.2) is 5.82 Å². The standard InChI is InChI=1S/C22H28F3N5O2S/c1-3-30-10-4-5-16(13-30)26-21-18(14-6-7-14)12-19(27-28-21)17-9-8-15(22(23,24)25)11-20(17)29-33(2,31)32/h8-9,11-12,14,16,29H,3-7,10,13H2,1-2H3,(H,26,28)/t16-/m1/s1. The van der Waals surface area contributed by atoms with Crippen LogP contribution in [0.5, 0.6) is 0 Å². The van der Waals surface area contributed by atoms with Crippen LogP contribution < -0.4 is 10.0 Å². The molecule has 1 saturated heterocycles. The van der Waals surface area contributed by atoms with Crippen molar-refractivity contribution in [2.75, 3.05) is 35.9 Å². The van der Waals surface area contributed by atoms with Gasteiger partial charge in [0.25, 0.3) is 0 Å². The van der Waals surface area contributed by atoms with Crippen molar-refractivity contribution in [1.29, 1.82) is 0 Å². The van der Waals surface area contributed by atoms with E-state index >= 15 is 0 Å². The number of likely N-dealkylation sites (N-methyl/N-ethyl adjacent to an activating group) is 1. The highest BCUT2D eigenvalue weighted by Crippen LogP contribution is 2.44. The summed E-state index contributed by atoms with van der Waals surface area (Å²) >= 11 is 0. The third kappa shape index (κ3) is 5.94. The lowest BCUT2D eigenvalue weighted by molar-refractivity contribution is -0.137. The number of benzene rings is 1. The van der Waals surface area contributed by atoms with Gasteiger partial charge < -0.3 is 10.2 Å². The Morgan fingerprint density at radius 3 is 2.55 bits per heavy atom. The normalized spacial score (nSPS) is 20.0. The van der Waals surface area contributed by atoms with Crippen molar-refractivity contribution in [3.8, 4) is 11.3 Å². The molecule has 11 heteroatoms. The van der Waals surface area contributed by atoms with Crippen molar-refractivity contribution in [1.82, 2.24) is 15.1 Å². The van der Waals surface area contributed by atoms with Crippen LogP contribution in [0.25, 0.3) is 11.3 Å². The van der Waals surface area contributed by atoms with Gasteiger partial charge in [0, 0.05) is 23.7 Å². The van der Waals surface area contributed by atoms with E-state index in [0.717, 1.165) is 69.3 Å². The summed E-state index contributed by atoms with van der Waals surface area (Å²) in [7, 11) is -3.80. The Balaban J connectivity index is 1.68. The van der Waals surface area contributed by atoms with Crippen LogP contribution in [-0.4, -0.2) is 55.4 Å². The zero-order valence-electron chi connectivity index (χ0n) is 18.6. The first-order valence-corrected chi connectivity index (χ1v) is 13.0. The summed E-state index contributed by atoms with van der Waals surface area (Å²) in [6.45, 7) is 5.13. The molecular formula is C22H28F3N5O2S. The van der Waals surface area contributed by atoms with Gasteiger partial charge in [-0.2, -0.15) is 13.2 Å². The SMILES string of the molecule is CCN1CCC[C@@H](Nc2nnc(-c3ccc(C(F)(F)F)cc3NS(C)(=O)=O)cc2C2CC2)C1. The zero-order chi connectivity index (χ0) is 23.8. The van der Waals surface area contributed by atoms with Crippen molar-refractivity contribution in [2.24, 2.45) is 0 Å². The molecule has 1 aromatic heterocycles. The number of halogens is 3. The molecule has 1 saturated carbocycles. The fraction of sp³-hybridized carbons (Fsp3) is 0.545. The molecule has 2 aromatic rings. The van der Waals surface area contributed by atoms with E-state index in [1.807, 2.05) is 6.07 Å². The van der Waals surface area contributed by atoms with Gasteiger partial charge in [-0.25, -0.2) is 8.42 Å². The predicted octanol–water partition coefficient (Wildman–Crippen LogP) is 4.31. The van der Waals surface area contributed by atoms with Crippen molar-refractivity contribution < 1.29 is 21.6 Å². The average Bonchev–Trinajstić information content (AvgIpc) is 3.58. The molecule has 33 heavy (non-hydrogen) atoms. The van der Waals surface area contributed by atoms with Crippen LogP contribution in [0.1, 0.15) is 49.7 Å². The van der Waals surface area contributed by atoms with E-state index in [9.17, 15) is 21.6 Å². The lowest BCUT2D eigenvalue weighted by atomic mass is 10.0. The number of nitrogens with zero attached hydrogens (tertiary/aromatic N) is 3. The molecule has 2 fully saturated rings. The largest absolute Gasteiger partial charge is 0.416 e. The predicted molar refractivity (Wildman–Crippen MR) is 122 cm³/mol. The van der Waals surface area contributed by atoms with Crippen molar-refractivity contribution in [3.63, 3.8) is 0 Å². The van der Waals surface area contributed by atoms with Gasteiger partial charge in [-0.1, -0.05) is 13.0 Å². The van der Waals surface area contributed by atoms with E-state index in [1.54, 1.807) is 0 Å². The maximum Gasteiger partial charge on any atom is 0.416 e. The van der Waals surface area contributed by atoms with E-state index in [1.165, 1.54) is 6.07 Å². The number of piperidine rings is 1. The van der Waals surface area contributed by atoms with E-state index in [0.29, 0.717) is 17.4 Å². The topological polar surface area (TPSA) is 87.2 Å². The van der Waals surface area contributed by atoms with Crippen molar-refractivity contribution in [2.45, 2.75) is 50.7 Å². The number of aromatic nitrogens is 2. The third-order valence-electron chi connectivity index (χ3n) is 6.05. The van der Waals surface area contributed by atoms with E-state index in [-0.39, 0.29) is 17.3 Å². The van der Waals surface area contributed by atoms with Gasteiger partial charge in [-0.05, 0) is 62.9 Å². The number of anilines is 2. The Morgan fingerprint density at radius 1 is 1.15 bits per heavy atom. The minimum atomic E-state index is -4.60. The Bertz CT molecular complexity index is 1120. The van der Waals surface area contributed by atoms with Gasteiger partial charge in [0.1, 0.15) is 0 Å². The fourth-order valence-corrected chi connectivity index (χ4v) is 4.81. The summed E-state index contributed by atoms with van der Waals surface area (Å²) in [6.07, 6.45) is 0.444. The minimum absolute atomic E-state index is 0.171. The molecule has 2 heterocycles. The molecule has 0 radical (unpaired) electrons. The molecule has 1 atom stereocenters. The van der Waals surface area contributed by atoms with Crippen molar-refractivity contribution >= 4 is 21.5 Å². The van der Waals surface area contributed by atoms with Crippen LogP contribution in [-0.2, 0) is 16.2 Å². The number of nitrogens with one attached hydrogen (secondary N) is 2. The van der Waals surface area contributed by atoms with Gasteiger partial charge in [0.05, 0.1) is 23.2 Å². The molecule has 1 aromatic carbocycles. The smallest absolute Gasteiger partial charge is 0.364 e. The summed E-state index contributed by atoms with van der Waals surface area (Å²) in [5, 5.41) is 12.2. The number of hydrogen-bond donors (Lipinski definition) is 2. The van der Waals surface area contributed by atoms with Crippen LogP contribution in [0.15, 0.2) is 24.3 Å². The highest BCUT2D eigenvalue weighted by Gasteiger charge is 2.33. The number of hydrogen-bond acceptors (Lipinski definition) is 6. The van der Waals surface area contributed by atoms with Crippen LogP contribution in [0.2, 0.25) is 0 Å². The maximum absolute atomic E-state index is 13.2. The van der Waals surface area contributed by atoms with E-state index in [2.05, 4.69) is 32.1 Å². The lowest BCUT2D eigenvalue weighted by Crippen LogP contribution is -2.42. The molecule has 2 N–H and O–H groups in total.